The number of benzene rings is 1. The molecule has 0 heterocycles. The zero-order valence-corrected chi connectivity index (χ0v) is 12.2. The second kappa shape index (κ2) is 6.98. The molecule has 0 radical (unpaired) electrons. The number of nitrogens with zero attached hydrogens (tertiary/aromatic N) is 1. The Kier molecular flexibility index (Phi) is 5.93. The lowest BCUT2D eigenvalue weighted by molar-refractivity contribution is 0.219. The number of amidine groups is 1. The molecule has 3 N–H and O–H groups in total. The van der Waals surface area contributed by atoms with Crippen molar-refractivity contribution in [3.63, 3.8) is 0 Å². The highest BCUT2D eigenvalue weighted by atomic mass is 35.5. The highest BCUT2D eigenvalue weighted by molar-refractivity contribution is 6.35. The lowest BCUT2D eigenvalue weighted by Crippen LogP contribution is -2.33. The molecular weight excluding hydrogens is 269 g/mol. The second-order valence-corrected chi connectivity index (χ2v) is 5.35. The summed E-state index contributed by atoms with van der Waals surface area (Å²) in [6.07, 6.45) is 0.556. The molecule has 1 rings (SSSR count). The van der Waals surface area contributed by atoms with E-state index in [0.717, 1.165) is 12.1 Å². The number of nitrogens with two attached hydrogens (primary N) is 1. The molecule has 0 aliphatic rings. The minimum Gasteiger partial charge on any atom is -0.388 e. The van der Waals surface area contributed by atoms with Crippen molar-refractivity contribution in [1.82, 2.24) is 4.90 Å². The fraction of sp³-hybridized carbons (Fsp3) is 0.462. The third kappa shape index (κ3) is 4.48. The number of hydrogen-bond donors (Lipinski definition) is 2. The van der Waals surface area contributed by atoms with E-state index in [-0.39, 0.29) is 5.84 Å². The first-order valence-corrected chi connectivity index (χ1v) is 6.67. The summed E-state index contributed by atoms with van der Waals surface area (Å²) in [5, 5.41) is 8.65. The van der Waals surface area contributed by atoms with E-state index in [4.69, 9.17) is 34.3 Å². The number of hydrogen-bond acceptors (Lipinski definition) is 2. The first-order chi connectivity index (χ1) is 8.41. The fourth-order valence-corrected chi connectivity index (χ4v) is 2.19. The standard InChI is InChI=1S/C13H19Cl2N3/c1-9(2)18(7-6-13(16)17)8-10-11(14)4-3-5-12(10)15/h3-5,9H,6-8H2,1-2H3,(H3,16,17). The Morgan fingerprint density at radius 3 is 2.33 bits per heavy atom. The van der Waals surface area contributed by atoms with Crippen molar-refractivity contribution in [2.24, 2.45) is 5.73 Å². The summed E-state index contributed by atoms with van der Waals surface area (Å²) >= 11 is 12.3. The molecule has 1 aromatic rings. The molecule has 100 valence electrons. The third-order valence-corrected chi connectivity index (χ3v) is 3.53. The maximum atomic E-state index is 7.29. The van der Waals surface area contributed by atoms with Crippen LogP contribution in [0.5, 0.6) is 0 Å². The molecular formula is C13H19Cl2N3. The molecule has 0 atom stereocenters. The summed E-state index contributed by atoms with van der Waals surface area (Å²) in [5.41, 5.74) is 6.33. The molecule has 0 aliphatic heterocycles. The van der Waals surface area contributed by atoms with Gasteiger partial charge >= 0.3 is 0 Å². The van der Waals surface area contributed by atoms with Crippen LogP contribution in [0.3, 0.4) is 0 Å². The monoisotopic (exact) mass is 287 g/mol. The molecule has 0 amide bonds. The molecule has 0 bridgehead atoms. The normalized spacial score (nSPS) is 11.2. The molecule has 0 saturated heterocycles. The largest absolute Gasteiger partial charge is 0.388 e. The summed E-state index contributed by atoms with van der Waals surface area (Å²) in [6.45, 7) is 5.60. The summed E-state index contributed by atoms with van der Waals surface area (Å²) in [4.78, 5) is 2.20. The summed E-state index contributed by atoms with van der Waals surface area (Å²) in [7, 11) is 0. The predicted octanol–water partition coefficient (Wildman–Crippen LogP) is 3.53. The SMILES string of the molecule is CC(C)N(CCC(=N)N)Cc1c(Cl)cccc1Cl. The number of halogens is 2. The van der Waals surface area contributed by atoms with Crippen LogP contribution in [0.25, 0.3) is 0 Å². The van der Waals surface area contributed by atoms with Crippen LogP contribution in [0, 0.1) is 5.41 Å². The Hall–Kier alpha value is -0.770. The van der Waals surface area contributed by atoms with Crippen LogP contribution in [0.2, 0.25) is 10.0 Å². The topological polar surface area (TPSA) is 53.1 Å². The van der Waals surface area contributed by atoms with Gasteiger partial charge in [-0.3, -0.25) is 10.3 Å². The van der Waals surface area contributed by atoms with Crippen molar-refractivity contribution >= 4 is 29.0 Å². The van der Waals surface area contributed by atoms with Gasteiger partial charge in [0.1, 0.15) is 0 Å². The highest BCUT2D eigenvalue weighted by Crippen LogP contribution is 2.26. The number of nitrogens with one attached hydrogen (secondary N) is 1. The second-order valence-electron chi connectivity index (χ2n) is 4.54. The van der Waals surface area contributed by atoms with Crippen molar-refractivity contribution < 1.29 is 0 Å². The van der Waals surface area contributed by atoms with Crippen LogP contribution >= 0.6 is 23.2 Å². The van der Waals surface area contributed by atoms with E-state index >= 15 is 0 Å². The molecule has 18 heavy (non-hydrogen) atoms. The lowest BCUT2D eigenvalue weighted by atomic mass is 10.1. The van der Waals surface area contributed by atoms with Crippen LogP contribution < -0.4 is 5.73 Å². The fourth-order valence-electron chi connectivity index (χ4n) is 1.67. The van der Waals surface area contributed by atoms with Gasteiger partial charge in [-0.1, -0.05) is 29.3 Å². The van der Waals surface area contributed by atoms with Crippen molar-refractivity contribution in [2.75, 3.05) is 6.54 Å². The van der Waals surface area contributed by atoms with Crippen LogP contribution in [-0.2, 0) is 6.54 Å². The van der Waals surface area contributed by atoms with Gasteiger partial charge in [-0.15, -0.1) is 0 Å². The Morgan fingerprint density at radius 1 is 1.33 bits per heavy atom. The van der Waals surface area contributed by atoms with Gasteiger partial charge in [0, 0.05) is 41.2 Å². The van der Waals surface area contributed by atoms with E-state index in [0.29, 0.717) is 29.1 Å². The summed E-state index contributed by atoms with van der Waals surface area (Å²) < 4.78 is 0. The highest BCUT2D eigenvalue weighted by Gasteiger charge is 2.14. The minimum atomic E-state index is 0.200. The van der Waals surface area contributed by atoms with Gasteiger partial charge in [-0.05, 0) is 26.0 Å². The predicted molar refractivity (Wildman–Crippen MR) is 78.5 cm³/mol. The average Bonchev–Trinajstić information content (AvgIpc) is 2.26. The summed E-state index contributed by atoms with van der Waals surface area (Å²) in [6, 6.07) is 5.86. The van der Waals surface area contributed by atoms with Gasteiger partial charge in [0.2, 0.25) is 0 Å². The zero-order valence-electron chi connectivity index (χ0n) is 10.7. The minimum absolute atomic E-state index is 0.200. The first-order valence-electron chi connectivity index (χ1n) is 5.91. The maximum absolute atomic E-state index is 7.29. The molecule has 0 saturated carbocycles. The Morgan fingerprint density at radius 2 is 1.89 bits per heavy atom. The number of rotatable bonds is 6. The molecule has 3 nitrogen and oxygen atoms in total. The van der Waals surface area contributed by atoms with Crippen molar-refractivity contribution in [3.8, 4) is 0 Å². The van der Waals surface area contributed by atoms with Crippen LogP contribution in [0.15, 0.2) is 18.2 Å². The molecule has 1 aromatic carbocycles. The van der Waals surface area contributed by atoms with Gasteiger partial charge in [0.25, 0.3) is 0 Å². The van der Waals surface area contributed by atoms with Crippen LogP contribution in [0.4, 0.5) is 0 Å². The van der Waals surface area contributed by atoms with E-state index in [1.165, 1.54) is 0 Å². The average molecular weight is 288 g/mol. The molecule has 0 aromatic heterocycles. The zero-order chi connectivity index (χ0) is 13.7. The van der Waals surface area contributed by atoms with E-state index in [1.54, 1.807) is 0 Å². The Labute approximate surface area is 118 Å². The van der Waals surface area contributed by atoms with Crippen molar-refractivity contribution in [3.05, 3.63) is 33.8 Å². The maximum Gasteiger partial charge on any atom is 0.0918 e. The summed E-state index contributed by atoms with van der Waals surface area (Å²) in [5.74, 6) is 0.200. The molecule has 0 unspecified atom stereocenters. The van der Waals surface area contributed by atoms with Gasteiger partial charge in [-0.25, -0.2) is 0 Å². The third-order valence-electron chi connectivity index (χ3n) is 2.82. The van der Waals surface area contributed by atoms with E-state index in [9.17, 15) is 0 Å². The van der Waals surface area contributed by atoms with Gasteiger partial charge in [0.15, 0.2) is 0 Å². The van der Waals surface area contributed by atoms with Crippen LogP contribution in [-0.4, -0.2) is 23.3 Å². The van der Waals surface area contributed by atoms with Crippen LogP contribution in [0.1, 0.15) is 25.8 Å². The van der Waals surface area contributed by atoms with Crippen molar-refractivity contribution in [2.45, 2.75) is 32.9 Å². The quantitative estimate of drug-likeness (QED) is 0.621. The first kappa shape index (κ1) is 15.3. The Balaban J connectivity index is 2.80. The van der Waals surface area contributed by atoms with Gasteiger partial charge in [0.05, 0.1) is 5.84 Å². The van der Waals surface area contributed by atoms with E-state index in [1.807, 2.05) is 18.2 Å². The Bertz CT molecular complexity index is 398. The van der Waals surface area contributed by atoms with E-state index in [2.05, 4.69) is 18.7 Å². The molecule has 0 fully saturated rings. The van der Waals surface area contributed by atoms with Gasteiger partial charge < -0.3 is 5.73 Å². The van der Waals surface area contributed by atoms with E-state index < -0.39 is 0 Å². The lowest BCUT2D eigenvalue weighted by Gasteiger charge is -2.27. The molecule has 0 spiro atoms. The molecule has 0 aliphatic carbocycles. The smallest absolute Gasteiger partial charge is 0.0918 e. The molecule has 5 heteroatoms. The van der Waals surface area contributed by atoms with Crippen molar-refractivity contribution in [1.29, 1.82) is 5.41 Å². The van der Waals surface area contributed by atoms with Gasteiger partial charge in [-0.2, -0.15) is 0 Å².